The summed E-state index contributed by atoms with van der Waals surface area (Å²) in [5.74, 6) is 0. The molecule has 1 unspecified atom stereocenters. The topological polar surface area (TPSA) is 12.0 Å². The average Bonchev–Trinajstić information content (AvgIpc) is 2.70. The van der Waals surface area contributed by atoms with Crippen LogP contribution in [0.1, 0.15) is 55.7 Å². The van der Waals surface area contributed by atoms with Crippen LogP contribution in [-0.4, -0.2) is 6.54 Å². The van der Waals surface area contributed by atoms with E-state index in [1.54, 1.807) is 11.1 Å². The summed E-state index contributed by atoms with van der Waals surface area (Å²) in [5, 5.41) is 3.77. The van der Waals surface area contributed by atoms with Gasteiger partial charge in [0.05, 0.1) is 0 Å². The zero-order valence-corrected chi connectivity index (χ0v) is 10.9. The molecule has 1 N–H and O–H groups in total. The first-order valence-corrected chi connectivity index (χ1v) is 7.15. The van der Waals surface area contributed by atoms with E-state index in [9.17, 15) is 0 Å². The molecular formula is C16H23N. The molecule has 17 heavy (non-hydrogen) atoms. The summed E-state index contributed by atoms with van der Waals surface area (Å²) in [6.45, 7) is 3.56. The minimum Gasteiger partial charge on any atom is -0.308 e. The molecule has 0 bridgehead atoms. The number of rotatable bonds is 1. The molecule has 0 radical (unpaired) electrons. The summed E-state index contributed by atoms with van der Waals surface area (Å²) >= 11 is 0. The summed E-state index contributed by atoms with van der Waals surface area (Å²) < 4.78 is 0. The molecule has 0 aromatic heterocycles. The Hall–Kier alpha value is -0.820. The van der Waals surface area contributed by atoms with E-state index < -0.39 is 0 Å². The fourth-order valence-corrected chi connectivity index (χ4v) is 3.39. The molecule has 1 fully saturated rings. The molecule has 0 amide bonds. The number of fused-ring (bicyclic) bond motifs is 1. The Morgan fingerprint density at radius 3 is 2.82 bits per heavy atom. The smallest absolute Gasteiger partial charge is 0.0406 e. The molecule has 3 rings (SSSR count). The number of aryl methyl sites for hydroxylation is 2. The van der Waals surface area contributed by atoms with E-state index in [2.05, 4.69) is 30.4 Å². The van der Waals surface area contributed by atoms with Crippen LogP contribution < -0.4 is 5.32 Å². The minimum atomic E-state index is 0.216. The number of benzene rings is 1. The lowest BCUT2D eigenvalue weighted by Crippen LogP contribution is -2.38. The van der Waals surface area contributed by atoms with Gasteiger partial charge in [0.25, 0.3) is 0 Å². The Morgan fingerprint density at radius 1 is 1.00 bits per heavy atom. The Morgan fingerprint density at radius 2 is 1.88 bits per heavy atom. The Balaban J connectivity index is 1.91. The van der Waals surface area contributed by atoms with E-state index in [0.717, 1.165) is 0 Å². The van der Waals surface area contributed by atoms with Crippen LogP contribution in [0.5, 0.6) is 0 Å². The van der Waals surface area contributed by atoms with Crippen molar-refractivity contribution in [2.24, 2.45) is 0 Å². The Kier molecular flexibility index (Phi) is 2.96. The van der Waals surface area contributed by atoms with Gasteiger partial charge in [-0.15, -0.1) is 0 Å². The van der Waals surface area contributed by atoms with Gasteiger partial charge < -0.3 is 5.32 Å². The molecule has 1 saturated heterocycles. The first-order valence-electron chi connectivity index (χ1n) is 7.15. The number of hydrogen-bond acceptors (Lipinski definition) is 1. The molecule has 1 aliphatic carbocycles. The quantitative estimate of drug-likeness (QED) is 0.776. The van der Waals surface area contributed by atoms with Crippen molar-refractivity contribution in [3.63, 3.8) is 0 Å². The van der Waals surface area contributed by atoms with Gasteiger partial charge in [0.2, 0.25) is 0 Å². The normalized spacial score (nSPS) is 28.8. The third kappa shape index (κ3) is 2.13. The summed E-state index contributed by atoms with van der Waals surface area (Å²) in [6.07, 6.45) is 9.29. The molecule has 92 valence electrons. The lowest BCUT2D eigenvalue weighted by molar-refractivity contribution is 0.359. The highest BCUT2D eigenvalue weighted by atomic mass is 15.0. The van der Waals surface area contributed by atoms with Gasteiger partial charge in [-0.25, -0.2) is 0 Å². The second kappa shape index (κ2) is 4.45. The van der Waals surface area contributed by atoms with Crippen LogP contribution in [0.15, 0.2) is 18.2 Å². The van der Waals surface area contributed by atoms with Crippen molar-refractivity contribution in [2.45, 2.75) is 57.4 Å². The number of nitrogens with one attached hydrogen (secondary N) is 1. The fraction of sp³-hybridized carbons (Fsp3) is 0.625. The van der Waals surface area contributed by atoms with Gasteiger partial charge in [0, 0.05) is 5.54 Å². The van der Waals surface area contributed by atoms with E-state index in [-0.39, 0.29) is 5.54 Å². The van der Waals surface area contributed by atoms with Gasteiger partial charge in [-0.05, 0) is 62.3 Å². The highest BCUT2D eigenvalue weighted by molar-refractivity contribution is 5.38. The molecule has 0 saturated carbocycles. The monoisotopic (exact) mass is 229 g/mol. The Labute approximate surface area is 105 Å². The zero-order valence-electron chi connectivity index (χ0n) is 10.9. The van der Waals surface area contributed by atoms with E-state index >= 15 is 0 Å². The molecule has 1 aromatic carbocycles. The van der Waals surface area contributed by atoms with Crippen LogP contribution in [-0.2, 0) is 18.4 Å². The summed E-state index contributed by atoms with van der Waals surface area (Å²) in [5.41, 5.74) is 4.93. The summed E-state index contributed by atoms with van der Waals surface area (Å²) in [4.78, 5) is 0. The second-order valence-electron chi connectivity index (χ2n) is 5.91. The SMILES string of the molecule is CC1(c2ccc3c(c2)CCC3)CCCCCN1. The fourth-order valence-electron chi connectivity index (χ4n) is 3.39. The molecule has 1 atom stereocenters. The largest absolute Gasteiger partial charge is 0.308 e. The molecule has 1 aliphatic heterocycles. The van der Waals surface area contributed by atoms with E-state index in [0.29, 0.717) is 0 Å². The molecular weight excluding hydrogens is 206 g/mol. The van der Waals surface area contributed by atoms with Crippen LogP contribution in [0.4, 0.5) is 0 Å². The summed E-state index contributed by atoms with van der Waals surface area (Å²) in [6, 6.07) is 7.21. The molecule has 1 heterocycles. The lowest BCUT2D eigenvalue weighted by atomic mass is 9.86. The molecule has 1 nitrogen and oxygen atoms in total. The second-order valence-corrected chi connectivity index (χ2v) is 5.91. The highest BCUT2D eigenvalue weighted by Crippen LogP contribution is 2.32. The van der Waals surface area contributed by atoms with E-state index in [1.165, 1.54) is 57.1 Å². The van der Waals surface area contributed by atoms with Gasteiger partial charge in [-0.2, -0.15) is 0 Å². The zero-order chi connectivity index (χ0) is 11.7. The highest BCUT2D eigenvalue weighted by Gasteiger charge is 2.28. The van der Waals surface area contributed by atoms with Crippen LogP contribution in [0, 0.1) is 0 Å². The van der Waals surface area contributed by atoms with Gasteiger partial charge in [0.15, 0.2) is 0 Å². The molecule has 0 spiro atoms. The van der Waals surface area contributed by atoms with E-state index in [1.807, 2.05) is 0 Å². The standard InChI is InChI=1S/C16H23N/c1-16(10-3-2-4-11-17-16)15-9-8-13-6-5-7-14(13)12-15/h8-9,12,17H,2-7,10-11H2,1H3. The van der Waals surface area contributed by atoms with Crippen molar-refractivity contribution < 1.29 is 0 Å². The first kappa shape index (κ1) is 11.3. The van der Waals surface area contributed by atoms with Crippen LogP contribution in [0.2, 0.25) is 0 Å². The van der Waals surface area contributed by atoms with E-state index in [4.69, 9.17) is 0 Å². The van der Waals surface area contributed by atoms with Gasteiger partial charge in [-0.1, -0.05) is 31.0 Å². The van der Waals surface area contributed by atoms with Crippen molar-refractivity contribution >= 4 is 0 Å². The van der Waals surface area contributed by atoms with Crippen molar-refractivity contribution in [2.75, 3.05) is 6.54 Å². The maximum absolute atomic E-state index is 3.77. The van der Waals surface area contributed by atoms with Gasteiger partial charge in [-0.3, -0.25) is 0 Å². The third-order valence-corrected chi connectivity index (χ3v) is 4.60. The van der Waals surface area contributed by atoms with Crippen LogP contribution >= 0.6 is 0 Å². The number of hydrogen-bond donors (Lipinski definition) is 1. The predicted molar refractivity (Wildman–Crippen MR) is 72.3 cm³/mol. The van der Waals surface area contributed by atoms with Crippen molar-refractivity contribution in [1.82, 2.24) is 5.32 Å². The van der Waals surface area contributed by atoms with Crippen molar-refractivity contribution in [3.8, 4) is 0 Å². The lowest BCUT2D eigenvalue weighted by Gasteiger charge is -2.30. The maximum Gasteiger partial charge on any atom is 0.0406 e. The molecule has 1 aromatic rings. The Bertz CT molecular complexity index is 400. The third-order valence-electron chi connectivity index (χ3n) is 4.60. The van der Waals surface area contributed by atoms with Crippen LogP contribution in [0.3, 0.4) is 0 Å². The average molecular weight is 229 g/mol. The van der Waals surface area contributed by atoms with Crippen molar-refractivity contribution in [1.29, 1.82) is 0 Å². The first-order chi connectivity index (χ1) is 8.28. The maximum atomic E-state index is 3.77. The summed E-state index contributed by atoms with van der Waals surface area (Å²) in [7, 11) is 0. The van der Waals surface area contributed by atoms with Gasteiger partial charge >= 0.3 is 0 Å². The van der Waals surface area contributed by atoms with Crippen molar-refractivity contribution in [3.05, 3.63) is 34.9 Å². The minimum absolute atomic E-state index is 0.216. The predicted octanol–water partition coefficient (Wildman–Crippen LogP) is 3.55. The molecule has 1 heteroatoms. The van der Waals surface area contributed by atoms with Gasteiger partial charge in [0.1, 0.15) is 0 Å². The van der Waals surface area contributed by atoms with Crippen LogP contribution in [0.25, 0.3) is 0 Å². The molecule has 2 aliphatic rings.